The molecule has 4 fully saturated rings. The van der Waals surface area contributed by atoms with Gasteiger partial charge in [-0.05, 0) is 44.2 Å². The summed E-state index contributed by atoms with van der Waals surface area (Å²) in [7, 11) is 1.05. The molecule has 4 aliphatic heterocycles. The van der Waals surface area contributed by atoms with Crippen LogP contribution in [0, 0.1) is 5.92 Å². The van der Waals surface area contributed by atoms with E-state index >= 15 is 0 Å². The molecule has 1 aromatic carbocycles. The fourth-order valence-corrected chi connectivity index (χ4v) is 7.63. The van der Waals surface area contributed by atoms with Crippen molar-refractivity contribution in [3.63, 3.8) is 0 Å². The maximum Gasteiger partial charge on any atom is 0.260 e. The van der Waals surface area contributed by atoms with Gasteiger partial charge in [0.25, 0.3) is 8.53 Å². The molecule has 0 bridgehead atoms. The molecule has 31 heavy (non-hydrogen) atoms. The van der Waals surface area contributed by atoms with Gasteiger partial charge in [-0.2, -0.15) is 0 Å². The Kier molecular flexibility index (Phi) is 6.80. The number of carbonyl (C=O) groups excluding carboxylic acids is 1. The molecule has 167 valence electrons. The normalized spacial score (nSPS) is 41.0. The van der Waals surface area contributed by atoms with E-state index in [9.17, 15) is 4.79 Å². The van der Waals surface area contributed by atoms with Crippen LogP contribution in [0.3, 0.4) is 0 Å². The molecular weight excluding hydrogens is 410 g/mol. The van der Waals surface area contributed by atoms with Gasteiger partial charge in [0.1, 0.15) is 12.4 Å². The average molecular weight is 443 g/mol. The number of nitrogens with zero attached hydrogens (tertiary/aromatic N) is 2. The van der Waals surface area contributed by atoms with Crippen LogP contribution in [0.25, 0.3) is 0 Å². The van der Waals surface area contributed by atoms with Crippen LogP contribution in [0.2, 0.25) is 0 Å². The minimum atomic E-state index is -1.09. The lowest BCUT2D eigenvalue weighted by molar-refractivity contribution is -0.110. The number of fused-ring (bicyclic) bond motifs is 1. The van der Waals surface area contributed by atoms with E-state index < -0.39 is 8.53 Å². The van der Waals surface area contributed by atoms with E-state index in [0.717, 1.165) is 45.1 Å². The summed E-state index contributed by atoms with van der Waals surface area (Å²) < 4.78 is 22.2. The third-order valence-electron chi connectivity index (χ3n) is 7.35. The fourth-order valence-electron chi connectivity index (χ4n) is 5.56. The van der Waals surface area contributed by atoms with Gasteiger partial charge >= 0.3 is 0 Å². The summed E-state index contributed by atoms with van der Waals surface area (Å²) in [4.78, 5) is 13.6. The number of benzene rings is 1. The highest BCUT2D eigenvalue weighted by Crippen LogP contribution is 2.61. The second-order valence-electron chi connectivity index (χ2n) is 9.26. The van der Waals surface area contributed by atoms with Crippen LogP contribution in [-0.2, 0) is 18.6 Å². The van der Waals surface area contributed by atoms with Crippen molar-refractivity contribution in [1.29, 1.82) is 0 Å². The summed E-state index contributed by atoms with van der Waals surface area (Å²) in [6.45, 7) is 6.36. The Bertz CT molecular complexity index is 758. The molecule has 5 rings (SSSR count). The van der Waals surface area contributed by atoms with Crippen LogP contribution in [-0.4, -0.2) is 66.6 Å². The molecule has 8 heteroatoms. The van der Waals surface area contributed by atoms with Gasteiger partial charge in [0.2, 0.25) is 7.41 Å². The van der Waals surface area contributed by atoms with Crippen LogP contribution < -0.4 is 0 Å². The summed E-state index contributed by atoms with van der Waals surface area (Å²) >= 11 is 0. The molecule has 0 N–H and O–H groups in total. The highest BCUT2D eigenvalue weighted by molar-refractivity contribution is 7.45. The smallest absolute Gasteiger partial charge is 0.260 e. The second kappa shape index (κ2) is 9.58. The number of hydrogen-bond donors (Lipinski definition) is 0. The molecule has 1 radical (unpaired) electrons. The standard InChI is InChI=1S/C23H33BN2O4P/c1-3-20-21(16(2)23(28-20)24-25-13-7-11-18(25)15-27)29-31-26-14-8-12-19(26)22(30-31)17-9-5-4-6-10-17/h4-6,9-10,15-16,18-23H,3,7-8,11-14H2,1-2H3/t16?,18-,19-,20+,21+,22+,23+,31?/m0/s1. The molecule has 0 amide bonds. The molecule has 4 saturated heterocycles. The maximum atomic E-state index is 11.4. The number of ether oxygens (including phenoxy) is 1. The highest BCUT2D eigenvalue weighted by atomic mass is 31.2. The number of rotatable bonds is 7. The van der Waals surface area contributed by atoms with Crippen molar-refractivity contribution in [3.05, 3.63) is 35.9 Å². The molecule has 1 aromatic rings. The Morgan fingerprint density at radius 3 is 2.81 bits per heavy atom. The molecule has 8 atom stereocenters. The van der Waals surface area contributed by atoms with E-state index in [1.807, 2.05) is 0 Å². The van der Waals surface area contributed by atoms with Crippen molar-refractivity contribution in [2.45, 2.75) is 82.4 Å². The topological polar surface area (TPSA) is 51.2 Å². The van der Waals surface area contributed by atoms with Gasteiger partial charge in [0.15, 0.2) is 0 Å². The fraction of sp³-hybridized carbons (Fsp3) is 0.696. The monoisotopic (exact) mass is 443 g/mol. The maximum absolute atomic E-state index is 11.4. The lowest BCUT2D eigenvalue weighted by atomic mass is 9.74. The predicted molar refractivity (Wildman–Crippen MR) is 121 cm³/mol. The first-order valence-electron chi connectivity index (χ1n) is 11.9. The number of carbonyl (C=O) groups is 1. The largest absolute Gasteiger partial charge is 0.379 e. The quantitative estimate of drug-likeness (QED) is 0.362. The highest BCUT2D eigenvalue weighted by Gasteiger charge is 2.51. The lowest BCUT2D eigenvalue weighted by Crippen LogP contribution is -2.42. The van der Waals surface area contributed by atoms with Crippen LogP contribution in [0.1, 0.15) is 57.6 Å². The van der Waals surface area contributed by atoms with Crippen LogP contribution in [0.15, 0.2) is 30.3 Å². The molecule has 0 saturated carbocycles. The minimum absolute atomic E-state index is 0.00428. The van der Waals surface area contributed by atoms with E-state index in [2.05, 4.69) is 61.1 Å². The summed E-state index contributed by atoms with van der Waals surface area (Å²) in [5.41, 5.74) is 1.25. The number of hydrogen-bond acceptors (Lipinski definition) is 6. The van der Waals surface area contributed by atoms with E-state index in [0.29, 0.717) is 6.04 Å². The first kappa shape index (κ1) is 22.0. The van der Waals surface area contributed by atoms with Crippen LogP contribution in [0.4, 0.5) is 0 Å². The zero-order valence-electron chi connectivity index (χ0n) is 18.5. The van der Waals surface area contributed by atoms with E-state index in [1.54, 1.807) is 0 Å². The third kappa shape index (κ3) is 4.26. The Labute approximate surface area is 187 Å². The predicted octanol–water partition coefficient (Wildman–Crippen LogP) is 3.89. The van der Waals surface area contributed by atoms with Gasteiger partial charge in [-0.1, -0.05) is 44.2 Å². The SMILES string of the molecule is CC[C@H]1O[C@@H]([B]N2CCC[C@H]2C=O)C(C)[C@H]1OP1O[C@H](c2ccccc2)[C@@H]2CCCN21. The van der Waals surface area contributed by atoms with Gasteiger partial charge in [0.05, 0.1) is 24.3 Å². The Morgan fingerprint density at radius 2 is 2.03 bits per heavy atom. The Morgan fingerprint density at radius 1 is 1.23 bits per heavy atom. The summed E-state index contributed by atoms with van der Waals surface area (Å²) in [6, 6.07) is 10.9. The zero-order chi connectivity index (χ0) is 21.4. The van der Waals surface area contributed by atoms with Gasteiger partial charge in [-0.15, -0.1) is 0 Å². The van der Waals surface area contributed by atoms with Gasteiger partial charge < -0.3 is 23.4 Å². The first-order chi connectivity index (χ1) is 15.2. The lowest BCUT2D eigenvalue weighted by Gasteiger charge is -2.28. The Hall–Kier alpha value is -0.815. The molecule has 2 unspecified atom stereocenters. The summed E-state index contributed by atoms with van der Waals surface area (Å²) in [5, 5.41) is 0. The average Bonchev–Trinajstić information content (AvgIpc) is 3.56. The van der Waals surface area contributed by atoms with Crippen LogP contribution >= 0.6 is 8.53 Å². The third-order valence-corrected chi connectivity index (χ3v) is 9.10. The van der Waals surface area contributed by atoms with Crippen molar-refractivity contribution in [1.82, 2.24) is 9.48 Å². The summed E-state index contributed by atoms with van der Waals surface area (Å²) in [5.74, 6) is 0.223. The van der Waals surface area contributed by atoms with E-state index in [-0.39, 0.29) is 36.3 Å². The molecule has 4 heterocycles. The molecule has 6 nitrogen and oxygen atoms in total. The molecule has 0 aromatic heterocycles. The first-order valence-corrected chi connectivity index (χ1v) is 13.0. The van der Waals surface area contributed by atoms with Crippen molar-refractivity contribution in [2.75, 3.05) is 13.1 Å². The molecule has 0 spiro atoms. The summed E-state index contributed by atoms with van der Waals surface area (Å²) in [6.07, 6.45) is 6.49. The molecule has 0 aliphatic carbocycles. The van der Waals surface area contributed by atoms with Crippen molar-refractivity contribution in [2.24, 2.45) is 5.92 Å². The van der Waals surface area contributed by atoms with Crippen LogP contribution in [0.5, 0.6) is 0 Å². The minimum Gasteiger partial charge on any atom is -0.379 e. The van der Waals surface area contributed by atoms with Crippen molar-refractivity contribution >= 4 is 22.2 Å². The van der Waals surface area contributed by atoms with Gasteiger partial charge in [-0.3, -0.25) is 0 Å². The zero-order valence-corrected chi connectivity index (χ0v) is 19.4. The van der Waals surface area contributed by atoms with E-state index in [1.165, 1.54) is 12.0 Å². The van der Waals surface area contributed by atoms with E-state index in [4.69, 9.17) is 13.8 Å². The second-order valence-corrected chi connectivity index (χ2v) is 10.7. The van der Waals surface area contributed by atoms with Crippen molar-refractivity contribution in [3.8, 4) is 0 Å². The Balaban J connectivity index is 1.28. The van der Waals surface area contributed by atoms with Gasteiger partial charge in [0, 0.05) is 18.5 Å². The molecular formula is C23H33BN2O4P. The number of aldehydes is 1. The van der Waals surface area contributed by atoms with Gasteiger partial charge in [-0.25, -0.2) is 4.67 Å². The molecule has 4 aliphatic rings. The van der Waals surface area contributed by atoms with Crippen molar-refractivity contribution < 1.29 is 18.6 Å².